The minimum Gasteiger partial charge on any atom is -0.497 e. The molecule has 0 radical (unpaired) electrons. The summed E-state index contributed by atoms with van der Waals surface area (Å²) in [5, 5.41) is 4.71. The van der Waals surface area contributed by atoms with Crippen LogP contribution in [-0.4, -0.2) is 66.1 Å². The number of hydrogen-bond donors (Lipinski definition) is 0. The van der Waals surface area contributed by atoms with Crippen LogP contribution in [0.15, 0.2) is 42.5 Å². The number of benzene rings is 2. The van der Waals surface area contributed by atoms with Crippen LogP contribution < -0.4 is 14.4 Å². The summed E-state index contributed by atoms with van der Waals surface area (Å²) in [6.07, 6.45) is 1.92. The molecule has 3 aromatic rings. The SMILES string of the molecule is COc1ccc(OC)c(C2SCC(=O)N(CC(=O)N3CCCC3)c3c2c(C(C)(C)C)nn3-c2ccc(F)cc2)c1. The summed E-state index contributed by atoms with van der Waals surface area (Å²) >= 11 is 1.48. The van der Waals surface area contributed by atoms with Crippen molar-refractivity contribution in [3.05, 3.63) is 65.1 Å². The number of halogens is 1. The molecule has 0 aliphatic carbocycles. The number of ether oxygens (including phenoxy) is 2. The Morgan fingerprint density at radius 1 is 1.07 bits per heavy atom. The molecule has 10 heteroatoms. The molecule has 1 atom stereocenters. The molecule has 2 aliphatic heterocycles. The lowest BCUT2D eigenvalue weighted by atomic mass is 9.87. The zero-order valence-electron chi connectivity index (χ0n) is 23.6. The van der Waals surface area contributed by atoms with Gasteiger partial charge in [-0.1, -0.05) is 20.8 Å². The predicted molar refractivity (Wildman–Crippen MR) is 154 cm³/mol. The summed E-state index contributed by atoms with van der Waals surface area (Å²) in [6, 6.07) is 11.6. The Bertz CT molecular complexity index is 1410. The van der Waals surface area contributed by atoms with E-state index in [2.05, 4.69) is 20.8 Å². The first kappa shape index (κ1) is 28.0. The number of fused-ring (bicyclic) bond motifs is 1. The summed E-state index contributed by atoms with van der Waals surface area (Å²) in [5.41, 5.74) is 2.63. The quantitative estimate of drug-likeness (QED) is 0.413. The van der Waals surface area contributed by atoms with E-state index in [1.807, 2.05) is 23.1 Å². The van der Waals surface area contributed by atoms with E-state index < -0.39 is 5.41 Å². The lowest BCUT2D eigenvalue weighted by molar-refractivity contribution is -0.130. The maximum Gasteiger partial charge on any atom is 0.242 e. The Labute approximate surface area is 238 Å². The maximum absolute atomic E-state index is 13.9. The molecule has 0 bridgehead atoms. The number of rotatable bonds is 6. The van der Waals surface area contributed by atoms with E-state index >= 15 is 0 Å². The van der Waals surface area contributed by atoms with Gasteiger partial charge in [0.1, 0.15) is 29.7 Å². The van der Waals surface area contributed by atoms with Crippen LogP contribution in [0.3, 0.4) is 0 Å². The van der Waals surface area contributed by atoms with E-state index in [1.165, 1.54) is 23.9 Å². The second-order valence-electron chi connectivity index (χ2n) is 11.1. The average molecular weight is 567 g/mol. The highest BCUT2D eigenvalue weighted by atomic mass is 32.2. The number of carbonyl (C=O) groups excluding carboxylic acids is 2. The third-order valence-electron chi connectivity index (χ3n) is 7.34. The van der Waals surface area contributed by atoms with Gasteiger partial charge < -0.3 is 14.4 Å². The molecular weight excluding hydrogens is 531 g/mol. The normalized spacial score (nSPS) is 17.6. The van der Waals surface area contributed by atoms with Gasteiger partial charge in [-0.2, -0.15) is 5.10 Å². The molecule has 40 heavy (non-hydrogen) atoms. The fourth-order valence-electron chi connectivity index (χ4n) is 5.33. The first-order valence-electron chi connectivity index (χ1n) is 13.4. The molecule has 2 aliphatic rings. The molecule has 0 N–H and O–H groups in total. The van der Waals surface area contributed by atoms with Gasteiger partial charge in [-0.15, -0.1) is 11.8 Å². The van der Waals surface area contributed by atoms with Gasteiger partial charge in [0, 0.05) is 29.6 Å². The highest BCUT2D eigenvalue weighted by Gasteiger charge is 2.41. The van der Waals surface area contributed by atoms with Crippen LogP contribution in [0.4, 0.5) is 10.2 Å². The van der Waals surface area contributed by atoms with E-state index in [9.17, 15) is 14.0 Å². The van der Waals surface area contributed by atoms with Gasteiger partial charge in [0.2, 0.25) is 11.8 Å². The molecule has 1 unspecified atom stereocenters. The molecule has 1 aromatic heterocycles. The van der Waals surface area contributed by atoms with Gasteiger partial charge in [-0.25, -0.2) is 9.07 Å². The zero-order chi connectivity index (χ0) is 28.6. The number of nitrogens with zero attached hydrogens (tertiary/aromatic N) is 4. The van der Waals surface area contributed by atoms with E-state index in [0.717, 1.165) is 29.7 Å². The molecular formula is C30H35FN4O4S. The van der Waals surface area contributed by atoms with Crippen LogP contribution in [0.1, 0.15) is 55.7 Å². The fourth-order valence-corrected chi connectivity index (χ4v) is 6.54. The monoisotopic (exact) mass is 566 g/mol. The van der Waals surface area contributed by atoms with Crippen molar-refractivity contribution in [1.29, 1.82) is 0 Å². The molecule has 2 aromatic carbocycles. The lowest BCUT2D eigenvalue weighted by Gasteiger charge is -2.26. The smallest absolute Gasteiger partial charge is 0.242 e. The number of methoxy groups -OCH3 is 2. The zero-order valence-corrected chi connectivity index (χ0v) is 24.4. The summed E-state index contributed by atoms with van der Waals surface area (Å²) in [4.78, 5) is 30.7. The highest BCUT2D eigenvalue weighted by Crippen LogP contribution is 2.51. The number of carbonyl (C=O) groups is 2. The second-order valence-corrected chi connectivity index (χ2v) is 12.2. The van der Waals surface area contributed by atoms with Crippen molar-refractivity contribution >= 4 is 29.4 Å². The van der Waals surface area contributed by atoms with Crippen LogP contribution in [0.2, 0.25) is 0 Å². The van der Waals surface area contributed by atoms with Gasteiger partial charge in [0.15, 0.2) is 0 Å². The highest BCUT2D eigenvalue weighted by molar-refractivity contribution is 8.00. The molecule has 1 fully saturated rings. The standard InChI is InChI=1S/C30H35FN4O4S/c1-30(2,3)28-26-27(22-16-21(38-4)12-13-23(22)39-5)40-18-25(37)34(17-24(36)33-14-6-7-15-33)29(26)35(32-28)20-10-8-19(31)9-11-20/h8-13,16,27H,6-7,14-15,17-18H2,1-5H3. The van der Waals surface area contributed by atoms with Crippen molar-refractivity contribution in [2.75, 3.05) is 44.5 Å². The van der Waals surface area contributed by atoms with Crippen LogP contribution in [0, 0.1) is 5.82 Å². The number of thioether (sulfide) groups is 1. The Hall–Kier alpha value is -3.53. The molecule has 2 amide bonds. The van der Waals surface area contributed by atoms with Gasteiger partial charge in [0.05, 0.1) is 36.6 Å². The molecule has 212 valence electrons. The Balaban J connectivity index is 1.78. The molecule has 0 saturated carbocycles. The van der Waals surface area contributed by atoms with E-state index in [-0.39, 0.29) is 35.2 Å². The minimum atomic E-state index is -0.418. The topological polar surface area (TPSA) is 76.9 Å². The number of anilines is 1. The number of likely N-dealkylation sites (tertiary alicyclic amines) is 1. The predicted octanol–water partition coefficient (Wildman–Crippen LogP) is 5.12. The lowest BCUT2D eigenvalue weighted by Crippen LogP contribution is -2.43. The molecule has 0 spiro atoms. The molecule has 1 saturated heterocycles. The molecule has 3 heterocycles. The van der Waals surface area contributed by atoms with Gasteiger partial charge in [-0.05, 0) is 55.3 Å². The van der Waals surface area contributed by atoms with Crippen molar-refractivity contribution in [3.63, 3.8) is 0 Å². The van der Waals surface area contributed by atoms with Crippen molar-refractivity contribution in [2.24, 2.45) is 0 Å². The number of hydrogen-bond acceptors (Lipinski definition) is 6. The van der Waals surface area contributed by atoms with Crippen LogP contribution in [0.25, 0.3) is 5.69 Å². The summed E-state index contributed by atoms with van der Waals surface area (Å²) in [6.45, 7) is 7.50. The Morgan fingerprint density at radius 2 is 1.77 bits per heavy atom. The molecule has 8 nitrogen and oxygen atoms in total. The summed E-state index contributed by atoms with van der Waals surface area (Å²) in [7, 11) is 3.23. The van der Waals surface area contributed by atoms with E-state index in [4.69, 9.17) is 14.6 Å². The van der Waals surface area contributed by atoms with Crippen LogP contribution in [-0.2, 0) is 15.0 Å². The van der Waals surface area contributed by atoms with E-state index in [1.54, 1.807) is 35.9 Å². The van der Waals surface area contributed by atoms with Crippen molar-refractivity contribution < 1.29 is 23.5 Å². The Morgan fingerprint density at radius 3 is 2.40 bits per heavy atom. The van der Waals surface area contributed by atoms with Crippen LogP contribution in [0.5, 0.6) is 11.5 Å². The fraction of sp³-hybridized carbons (Fsp3) is 0.433. The minimum absolute atomic E-state index is 0.0924. The number of aromatic nitrogens is 2. The van der Waals surface area contributed by atoms with Crippen LogP contribution >= 0.6 is 11.8 Å². The van der Waals surface area contributed by atoms with Gasteiger partial charge in [-0.3, -0.25) is 14.5 Å². The number of amides is 2. The first-order chi connectivity index (χ1) is 19.1. The van der Waals surface area contributed by atoms with E-state index in [0.29, 0.717) is 36.1 Å². The third-order valence-corrected chi connectivity index (χ3v) is 8.58. The van der Waals surface area contributed by atoms with Crippen molar-refractivity contribution in [1.82, 2.24) is 14.7 Å². The van der Waals surface area contributed by atoms with Gasteiger partial charge >= 0.3 is 0 Å². The maximum atomic E-state index is 13.9. The van der Waals surface area contributed by atoms with Crippen molar-refractivity contribution in [3.8, 4) is 17.2 Å². The second kappa shape index (κ2) is 11.2. The molecule has 5 rings (SSSR count). The summed E-state index contributed by atoms with van der Waals surface area (Å²) in [5.74, 6) is 1.35. The largest absolute Gasteiger partial charge is 0.497 e. The van der Waals surface area contributed by atoms with Crippen molar-refractivity contribution in [2.45, 2.75) is 44.3 Å². The Kier molecular flexibility index (Phi) is 7.81. The summed E-state index contributed by atoms with van der Waals surface area (Å²) < 4.78 is 27.0. The first-order valence-corrected chi connectivity index (χ1v) is 14.5. The third kappa shape index (κ3) is 5.29. The average Bonchev–Trinajstić information content (AvgIpc) is 3.59. The van der Waals surface area contributed by atoms with Gasteiger partial charge in [0.25, 0.3) is 0 Å².